The molecule has 1 amide bonds. The Balaban J connectivity index is 1.52. The summed E-state index contributed by atoms with van der Waals surface area (Å²) in [5.41, 5.74) is 0.0279. The van der Waals surface area contributed by atoms with Crippen molar-refractivity contribution >= 4 is 55.9 Å². The molecule has 0 aliphatic carbocycles. The van der Waals surface area contributed by atoms with Crippen LogP contribution in [-0.4, -0.2) is 50.2 Å². The Labute approximate surface area is 226 Å². The molecule has 0 fully saturated rings. The van der Waals surface area contributed by atoms with Gasteiger partial charge in [0.1, 0.15) is 22.1 Å². The number of carbonyl (C=O) groups excluding carboxylic acids is 1. The van der Waals surface area contributed by atoms with Gasteiger partial charge in [-0.3, -0.25) is 4.72 Å². The van der Waals surface area contributed by atoms with Gasteiger partial charge in [-0.1, -0.05) is 23.2 Å². The van der Waals surface area contributed by atoms with Crippen molar-refractivity contribution in [3.8, 4) is 5.75 Å². The van der Waals surface area contributed by atoms with Crippen molar-refractivity contribution in [3.05, 3.63) is 52.4 Å². The molecule has 2 aromatic carbocycles. The predicted octanol–water partition coefficient (Wildman–Crippen LogP) is 6.83. The first-order valence-electron chi connectivity index (χ1n) is 11.6. The number of fused-ring (bicyclic) bond motifs is 1. The number of nitrogens with one attached hydrogen (secondary N) is 2. The number of aromatic amines is 1. The maximum atomic E-state index is 14.7. The Morgan fingerprint density at radius 3 is 2.51 bits per heavy atom. The number of hydrogen-bond donors (Lipinski definition) is 2. The van der Waals surface area contributed by atoms with E-state index < -0.39 is 26.3 Å². The molecule has 0 saturated carbocycles. The number of H-pyrrole nitrogens is 1. The lowest BCUT2D eigenvalue weighted by atomic mass is 10.2. The molecule has 0 aliphatic heterocycles. The van der Waals surface area contributed by atoms with Crippen molar-refractivity contribution in [1.82, 2.24) is 9.88 Å². The van der Waals surface area contributed by atoms with Crippen LogP contribution in [0.25, 0.3) is 10.9 Å². The minimum Gasteiger partial charge on any atom is -0.493 e. The molecule has 202 valence electrons. The van der Waals surface area contributed by atoms with Crippen LogP contribution in [0.4, 0.5) is 14.9 Å². The molecule has 12 heteroatoms. The molecule has 1 heterocycles. The Kier molecular flexibility index (Phi) is 9.20. The highest BCUT2D eigenvalue weighted by atomic mass is 35.5. The summed E-state index contributed by atoms with van der Waals surface area (Å²) in [7, 11) is -2.56. The summed E-state index contributed by atoms with van der Waals surface area (Å²) in [4.78, 5) is 15.8. The number of sulfonamides is 1. The Hall–Kier alpha value is -2.69. The topological polar surface area (TPSA) is 101 Å². The van der Waals surface area contributed by atoms with Crippen molar-refractivity contribution < 1.29 is 27.1 Å². The second-order valence-corrected chi connectivity index (χ2v) is 12.0. The molecule has 0 radical (unpaired) electrons. The molecule has 1 aromatic heterocycles. The summed E-state index contributed by atoms with van der Waals surface area (Å²) in [6.45, 7) is 6.30. The number of aromatic nitrogens is 1. The van der Waals surface area contributed by atoms with Crippen LogP contribution in [0, 0.1) is 5.82 Å². The predicted molar refractivity (Wildman–Crippen MR) is 144 cm³/mol. The van der Waals surface area contributed by atoms with E-state index in [0.29, 0.717) is 40.5 Å². The van der Waals surface area contributed by atoms with Crippen LogP contribution in [0.5, 0.6) is 5.75 Å². The highest BCUT2D eigenvalue weighted by Crippen LogP contribution is 2.35. The highest BCUT2D eigenvalue weighted by molar-refractivity contribution is 7.92. The van der Waals surface area contributed by atoms with Crippen molar-refractivity contribution in [1.29, 1.82) is 0 Å². The molecule has 2 N–H and O–H groups in total. The van der Waals surface area contributed by atoms with Crippen LogP contribution in [0.1, 0.15) is 40.0 Å². The lowest BCUT2D eigenvalue weighted by molar-refractivity contribution is 0.0296. The zero-order valence-electron chi connectivity index (χ0n) is 21.0. The number of carbonyl (C=O) groups is 1. The molecule has 0 unspecified atom stereocenters. The third-order valence-corrected chi connectivity index (χ3v) is 7.30. The van der Waals surface area contributed by atoms with Gasteiger partial charge in [0.2, 0.25) is 0 Å². The second-order valence-electron chi connectivity index (χ2n) is 9.49. The summed E-state index contributed by atoms with van der Waals surface area (Å²) >= 11 is 12.3. The average Bonchev–Trinajstić information content (AvgIpc) is 3.19. The molecule has 8 nitrogen and oxygen atoms in total. The standard InChI is InChI=1S/C25H30Cl2FN3O5S/c1-25(2,3)36-24(32)31(4)12-6-5-7-13-35-16-8-11-21(19(28)14-16)37(33,34)30-20-10-9-17(26)22-18(27)15-29-23(20)22/h8-11,14-15,29-30H,5-7,12-13H2,1-4H3. The van der Waals surface area contributed by atoms with Crippen LogP contribution in [0.15, 0.2) is 41.4 Å². The number of unbranched alkanes of at least 4 members (excludes halogenated alkanes) is 2. The SMILES string of the molecule is CN(CCCCCOc1ccc(S(=O)(=O)Nc2ccc(Cl)c3c(Cl)c[nH]c23)c(F)c1)C(=O)OC(C)(C)C. The number of nitrogens with zero attached hydrogens (tertiary/aromatic N) is 1. The molecule has 0 bridgehead atoms. The van der Waals surface area contributed by atoms with Crippen LogP contribution in [0.3, 0.4) is 0 Å². The van der Waals surface area contributed by atoms with E-state index in [0.717, 1.165) is 25.0 Å². The smallest absolute Gasteiger partial charge is 0.410 e. The molecule has 0 spiro atoms. The van der Waals surface area contributed by atoms with Gasteiger partial charge in [-0.05, 0) is 64.3 Å². The second kappa shape index (κ2) is 11.8. The van der Waals surface area contributed by atoms with Gasteiger partial charge in [-0.15, -0.1) is 0 Å². The van der Waals surface area contributed by atoms with E-state index >= 15 is 0 Å². The average molecular weight is 575 g/mol. The van der Waals surface area contributed by atoms with Gasteiger partial charge < -0.3 is 19.4 Å². The normalized spacial score (nSPS) is 12.0. The number of rotatable bonds is 10. The summed E-state index contributed by atoms with van der Waals surface area (Å²) in [5.74, 6) is -0.730. The lowest BCUT2D eigenvalue weighted by Crippen LogP contribution is -2.34. The zero-order valence-corrected chi connectivity index (χ0v) is 23.4. The first-order chi connectivity index (χ1) is 17.3. The van der Waals surface area contributed by atoms with E-state index in [2.05, 4.69) is 9.71 Å². The number of amides is 1. The minimum atomic E-state index is -4.24. The number of hydrogen-bond acceptors (Lipinski definition) is 5. The summed E-state index contributed by atoms with van der Waals surface area (Å²) in [6.07, 6.45) is 3.32. The zero-order chi connectivity index (χ0) is 27.4. The Bertz CT molecular complexity index is 1370. The summed E-state index contributed by atoms with van der Waals surface area (Å²) in [5, 5.41) is 1.15. The molecule has 0 atom stereocenters. The van der Waals surface area contributed by atoms with Gasteiger partial charge in [0, 0.05) is 31.2 Å². The molecular weight excluding hydrogens is 544 g/mol. The van der Waals surface area contributed by atoms with Gasteiger partial charge >= 0.3 is 6.09 Å². The number of anilines is 1. The number of ether oxygens (including phenoxy) is 2. The summed E-state index contributed by atoms with van der Waals surface area (Å²) < 4.78 is 53.7. The first kappa shape index (κ1) is 28.9. The van der Waals surface area contributed by atoms with Gasteiger partial charge in [0.05, 0.1) is 27.9 Å². The Morgan fingerprint density at radius 2 is 1.84 bits per heavy atom. The van der Waals surface area contributed by atoms with Crippen molar-refractivity contribution in [3.63, 3.8) is 0 Å². The Morgan fingerprint density at radius 1 is 1.11 bits per heavy atom. The van der Waals surface area contributed by atoms with E-state index in [-0.39, 0.29) is 17.5 Å². The fourth-order valence-electron chi connectivity index (χ4n) is 3.49. The van der Waals surface area contributed by atoms with Gasteiger partial charge in [-0.25, -0.2) is 17.6 Å². The van der Waals surface area contributed by atoms with E-state index in [1.807, 2.05) is 20.8 Å². The van der Waals surface area contributed by atoms with E-state index in [1.165, 1.54) is 29.3 Å². The molecule has 0 aliphatic rings. The van der Waals surface area contributed by atoms with Gasteiger partial charge in [-0.2, -0.15) is 0 Å². The maximum absolute atomic E-state index is 14.7. The molecule has 3 aromatic rings. The third-order valence-electron chi connectivity index (χ3n) is 5.29. The van der Waals surface area contributed by atoms with Crippen molar-refractivity contribution in [2.24, 2.45) is 0 Å². The molecule has 0 saturated heterocycles. The van der Waals surface area contributed by atoms with Crippen LogP contribution in [-0.2, 0) is 14.8 Å². The van der Waals surface area contributed by atoms with E-state index in [4.69, 9.17) is 32.7 Å². The van der Waals surface area contributed by atoms with Gasteiger partial charge in [0.15, 0.2) is 0 Å². The van der Waals surface area contributed by atoms with Crippen LogP contribution >= 0.6 is 23.2 Å². The fourth-order valence-corrected chi connectivity index (χ4v) is 5.18. The fraction of sp³-hybridized carbons (Fsp3) is 0.400. The molecule has 3 rings (SSSR count). The highest BCUT2D eigenvalue weighted by Gasteiger charge is 2.22. The first-order valence-corrected chi connectivity index (χ1v) is 13.9. The maximum Gasteiger partial charge on any atom is 0.410 e. The number of halogens is 3. The monoisotopic (exact) mass is 573 g/mol. The van der Waals surface area contributed by atoms with Crippen LogP contribution < -0.4 is 9.46 Å². The number of benzene rings is 2. The van der Waals surface area contributed by atoms with Crippen molar-refractivity contribution in [2.45, 2.75) is 50.5 Å². The van der Waals surface area contributed by atoms with E-state index in [9.17, 15) is 17.6 Å². The quantitative estimate of drug-likeness (QED) is 0.259. The summed E-state index contributed by atoms with van der Waals surface area (Å²) in [6, 6.07) is 6.56. The van der Waals surface area contributed by atoms with Crippen molar-refractivity contribution in [2.75, 3.05) is 24.9 Å². The minimum absolute atomic E-state index is 0.184. The lowest BCUT2D eigenvalue weighted by Gasteiger charge is -2.24. The molecular formula is C25H30Cl2FN3O5S. The van der Waals surface area contributed by atoms with Gasteiger partial charge in [0.25, 0.3) is 10.0 Å². The largest absolute Gasteiger partial charge is 0.493 e. The van der Waals surface area contributed by atoms with E-state index in [1.54, 1.807) is 7.05 Å². The van der Waals surface area contributed by atoms with Crippen LogP contribution in [0.2, 0.25) is 10.0 Å². The third kappa shape index (κ3) is 7.66. The molecule has 37 heavy (non-hydrogen) atoms.